The molecule has 0 saturated heterocycles. The molecular weight excluding hydrogens is 1330 g/mol. The van der Waals surface area contributed by atoms with Crippen molar-refractivity contribution in [2.45, 2.75) is 446 Å². The number of phosphoric acid groups is 2. The van der Waals surface area contributed by atoms with Gasteiger partial charge in [0.25, 0.3) is 0 Å². The predicted octanol–water partition coefficient (Wildman–Crippen LogP) is 24.8. The third-order valence-corrected chi connectivity index (χ3v) is 21.6. The number of aliphatic hydroxyl groups excluding tert-OH is 1. The first-order valence-electron chi connectivity index (χ1n) is 42.7. The highest BCUT2D eigenvalue weighted by atomic mass is 31.2. The molecule has 0 aliphatic heterocycles. The van der Waals surface area contributed by atoms with E-state index in [0.717, 1.165) is 114 Å². The summed E-state index contributed by atoms with van der Waals surface area (Å²) in [6.07, 6.45) is 59.9. The summed E-state index contributed by atoms with van der Waals surface area (Å²) in [5.41, 5.74) is 0. The zero-order chi connectivity index (χ0) is 75.3. The van der Waals surface area contributed by atoms with Crippen LogP contribution in [0.15, 0.2) is 0 Å². The summed E-state index contributed by atoms with van der Waals surface area (Å²) in [5.74, 6) is 0.994. The Balaban J connectivity index is 5.21. The summed E-state index contributed by atoms with van der Waals surface area (Å²) in [4.78, 5) is 73.0. The molecule has 102 heavy (non-hydrogen) atoms. The number of hydrogen-bond donors (Lipinski definition) is 3. The Kier molecular flexibility index (Phi) is 70.6. The average molecular weight is 1490 g/mol. The second-order valence-corrected chi connectivity index (χ2v) is 34.4. The molecule has 0 heterocycles. The van der Waals surface area contributed by atoms with Crippen molar-refractivity contribution >= 4 is 39.5 Å². The lowest BCUT2D eigenvalue weighted by Gasteiger charge is -2.21. The molecule has 0 aliphatic carbocycles. The van der Waals surface area contributed by atoms with Crippen LogP contribution in [0.4, 0.5) is 0 Å². The van der Waals surface area contributed by atoms with Gasteiger partial charge in [0.1, 0.15) is 19.3 Å². The van der Waals surface area contributed by atoms with Crippen molar-refractivity contribution in [1.29, 1.82) is 0 Å². The van der Waals surface area contributed by atoms with E-state index >= 15 is 0 Å². The van der Waals surface area contributed by atoms with Crippen molar-refractivity contribution in [1.82, 2.24) is 0 Å². The molecule has 0 amide bonds. The van der Waals surface area contributed by atoms with Gasteiger partial charge in [-0.2, -0.15) is 0 Å². The Bertz CT molecular complexity index is 1990. The van der Waals surface area contributed by atoms with Gasteiger partial charge in [0.15, 0.2) is 12.2 Å². The number of hydrogen-bond acceptors (Lipinski definition) is 15. The number of carbonyl (C=O) groups excluding carboxylic acids is 4. The minimum Gasteiger partial charge on any atom is -0.462 e. The van der Waals surface area contributed by atoms with E-state index in [1.165, 1.54) is 225 Å². The van der Waals surface area contributed by atoms with Crippen LogP contribution in [0.1, 0.15) is 428 Å². The number of ether oxygens (including phenoxy) is 4. The van der Waals surface area contributed by atoms with E-state index in [0.29, 0.717) is 31.6 Å². The van der Waals surface area contributed by atoms with Crippen LogP contribution in [0.25, 0.3) is 0 Å². The maximum absolute atomic E-state index is 13.1. The maximum atomic E-state index is 13.1. The highest BCUT2D eigenvalue weighted by Crippen LogP contribution is 2.45. The van der Waals surface area contributed by atoms with Gasteiger partial charge in [-0.25, -0.2) is 9.13 Å². The standard InChI is InChI=1S/C83H162O17P2/c1-9-76(8)62-54-46-37-31-27-28-34-40-50-58-66-83(88)100-79(70-94-81(86)64-56-48-42-41-45-53-61-75(6)7)72-98-102(91,92)96-68-77(84)67-95-101(89,90)97-71-78(99-82(87)65-57-49-39-33-26-22-18-14-16-20-24-30-36-44-52-60-74(4)5)69-93-80(85)63-55-47-38-32-25-21-17-13-11-10-12-15-19-23-29-35-43-51-59-73(2)3/h73-79,84H,9-72H2,1-8H3,(H,89,90)(H,91,92)/t76?,77-,78-,79-/m1/s1. The molecule has 19 heteroatoms. The van der Waals surface area contributed by atoms with Gasteiger partial charge in [0.2, 0.25) is 0 Å². The van der Waals surface area contributed by atoms with E-state index in [1.807, 2.05) is 0 Å². The van der Waals surface area contributed by atoms with Gasteiger partial charge in [-0.05, 0) is 49.4 Å². The van der Waals surface area contributed by atoms with Gasteiger partial charge in [-0.3, -0.25) is 37.3 Å². The molecule has 3 unspecified atom stereocenters. The molecule has 606 valence electrons. The third kappa shape index (κ3) is 74.9. The number of rotatable bonds is 80. The van der Waals surface area contributed by atoms with Crippen LogP contribution < -0.4 is 0 Å². The van der Waals surface area contributed by atoms with E-state index in [9.17, 15) is 43.2 Å². The number of carbonyl (C=O) groups is 4. The van der Waals surface area contributed by atoms with Crippen molar-refractivity contribution in [3.8, 4) is 0 Å². The van der Waals surface area contributed by atoms with Crippen LogP contribution in [0, 0.1) is 23.7 Å². The van der Waals surface area contributed by atoms with E-state index in [1.54, 1.807) is 0 Å². The first-order valence-corrected chi connectivity index (χ1v) is 45.7. The van der Waals surface area contributed by atoms with Crippen LogP contribution in [0.3, 0.4) is 0 Å². The molecule has 3 N–H and O–H groups in total. The lowest BCUT2D eigenvalue weighted by molar-refractivity contribution is -0.161. The smallest absolute Gasteiger partial charge is 0.462 e. The summed E-state index contributed by atoms with van der Waals surface area (Å²) >= 11 is 0. The Morgan fingerprint density at radius 3 is 0.696 bits per heavy atom. The fourth-order valence-corrected chi connectivity index (χ4v) is 14.3. The number of unbranched alkanes of at least 4 members (excludes halogenated alkanes) is 45. The van der Waals surface area contributed by atoms with Crippen LogP contribution in [0.2, 0.25) is 0 Å². The summed E-state index contributed by atoms with van der Waals surface area (Å²) in [5, 5.41) is 10.6. The van der Waals surface area contributed by atoms with Crippen molar-refractivity contribution in [2.24, 2.45) is 23.7 Å². The Labute approximate surface area is 626 Å². The molecule has 0 saturated carbocycles. The number of esters is 4. The lowest BCUT2D eigenvalue weighted by Crippen LogP contribution is -2.30. The van der Waals surface area contributed by atoms with E-state index < -0.39 is 97.5 Å². The van der Waals surface area contributed by atoms with Crippen LogP contribution >= 0.6 is 15.6 Å². The first kappa shape index (κ1) is 100. The summed E-state index contributed by atoms with van der Waals surface area (Å²) < 4.78 is 68.7. The fourth-order valence-electron chi connectivity index (χ4n) is 12.8. The Morgan fingerprint density at radius 2 is 0.471 bits per heavy atom. The Morgan fingerprint density at radius 1 is 0.275 bits per heavy atom. The molecular formula is C83H162O17P2. The highest BCUT2D eigenvalue weighted by molar-refractivity contribution is 7.47. The molecule has 0 aromatic rings. The average Bonchev–Trinajstić information content (AvgIpc) is 0.967. The van der Waals surface area contributed by atoms with Gasteiger partial charge in [0, 0.05) is 25.7 Å². The maximum Gasteiger partial charge on any atom is 0.472 e. The van der Waals surface area contributed by atoms with Crippen molar-refractivity contribution < 1.29 is 80.2 Å². The molecule has 0 aliphatic rings. The largest absolute Gasteiger partial charge is 0.472 e. The molecule has 0 aromatic heterocycles. The SMILES string of the molecule is CCC(C)CCCCCCCCCCCCC(=O)O[C@H](COC(=O)CCCCCCCCC(C)C)COP(=O)(O)OC[C@H](O)COP(=O)(O)OC[C@@H](COC(=O)CCCCCCCCCCCCCCCCCCCCC(C)C)OC(=O)CCCCCCCCCCCCCCCCCC(C)C. The van der Waals surface area contributed by atoms with Crippen molar-refractivity contribution in [3.05, 3.63) is 0 Å². The zero-order valence-electron chi connectivity index (χ0n) is 67.2. The molecule has 0 radical (unpaired) electrons. The molecule has 0 fully saturated rings. The minimum atomic E-state index is -4.96. The topological polar surface area (TPSA) is 237 Å². The van der Waals surface area contributed by atoms with Gasteiger partial charge in [-0.15, -0.1) is 0 Å². The zero-order valence-corrected chi connectivity index (χ0v) is 69.0. The predicted molar refractivity (Wildman–Crippen MR) is 418 cm³/mol. The molecule has 0 rings (SSSR count). The van der Waals surface area contributed by atoms with Crippen molar-refractivity contribution in [2.75, 3.05) is 39.6 Å². The fraction of sp³-hybridized carbons (Fsp3) is 0.952. The minimum absolute atomic E-state index is 0.105. The van der Waals surface area contributed by atoms with Crippen LogP contribution in [-0.2, 0) is 65.4 Å². The molecule has 17 nitrogen and oxygen atoms in total. The Hall–Kier alpha value is -1.94. The summed E-state index contributed by atoms with van der Waals surface area (Å²) in [7, 11) is -9.92. The summed E-state index contributed by atoms with van der Waals surface area (Å²) in [6, 6.07) is 0. The van der Waals surface area contributed by atoms with Crippen LogP contribution in [0.5, 0.6) is 0 Å². The second-order valence-electron chi connectivity index (χ2n) is 31.5. The van der Waals surface area contributed by atoms with Gasteiger partial charge in [-0.1, -0.05) is 376 Å². The van der Waals surface area contributed by atoms with E-state index in [4.69, 9.17) is 37.0 Å². The van der Waals surface area contributed by atoms with Crippen LogP contribution in [-0.4, -0.2) is 96.7 Å². The molecule has 0 bridgehead atoms. The lowest BCUT2D eigenvalue weighted by atomic mass is 9.99. The number of aliphatic hydroxyl groups is 1. The van der Waals surface area contributed by atoms with E-state index in [2.05, 4.69) is 55.4 Å². The number of phosphoric ester groups is 2. The third-order valence-electron chi connectivity index (χ3n) is 19.7. The first-order chi connectivity index (χ1) is 49.1. The van der Waals surface area contributed by atoms with Gasteiger partial charge >= 0.3 is 39.5 Å². The molecule has 0 aromatic carbocycles. The van der Waals surface area contributed by atoms with Crippen molar-refractivity contribution in [3.63, 3.8) is 0 Å². The highest BCUT2D eigenvalue weighted by Gasteiger charge is 2.30. The second kappa shape index (κ2) is 72.0. The monoisotopic (exact) mass is 1490 g/mol. The normalized spacial score (nSPS) is 14.3. The molecule has 0 spiro atoms. The van der Waals surface area contributed by atoms with Gasteiger partial charge in [0.05, 0.1) is 26.4 Å². The quantitative estimate of drug-likeness (QED) is 0.0222. The van der Waals surface area contributed by atoms with Gasteiger partial charge < -0.3 is 33.8 Å². The molecule has 6 atom stereocenters. The summed E-state index contributed by atoms with van der Waals surface area (Å²) in [6.45, 7) is 14.3. The van der Waals surface area contributed by atoms with E-state index in [-0.39, 0.29) is 25.7 Å².